The molecule has 2 aromatic heterocycles. The summed E-state index contributed by atoms with van der Waals surface area (Å²) in [5.74, 6) is 1.66. The number of methoxy groups -OCH3 is 1. The Morgan fingerprint density at radius 2 is 1.63 bits per heavy atom. The number of aromatic nitrogens is 4. The number of benzene rings is 2. The molecule has 0 saturated carbocycles. The SMILES string of the molecule is COc1cc(N2CCCCN(C)CCCC2)c(C)cc1Nc1ncc(Br)c(Nc2ccc3nccnc3c2P(C)(C)=O)n1. The third-order valence-corrected chi connectivity index (χ3v) is 9.80. The van der Waals surface area contributed by atoms with Gasteiger partial charge < -0.3 is 29.7 Å². The van der Waals surface area contributed by atoms with E-state index in [0.29, 0.717) is 38.3 Å². The third-order valence-electron chi connectivity index (χ3n) is 7.69. The summed E-state index contributed by atoms with van der Waals surface area (Å²) in [6, 6.07) is 7.95. The highest BCUT2D eigenvalue weighted by Gasteiger charge is 2.23. The molecule has 3 heterocycles. The topological polar surface area (TPSA) is 108 Å². The molecule has 0 bridgehead atoms. The van der Waals surface area contributed by atoms with E-state index in [0.717, 1.165) is 56.0 Å². The van der Waals surface area contributed by atoms with E-state index in [1.807, 2.05) is 12.1 Å². The lowest BCUT2D eigenvalue weighted by molar-refractivity contribution is 0.314. The molecule has 0 radical (unpaired) electrons. The summed E-state index contributed by atoms with van der Waals surface area (Å²) in [6.07, 6.45) is 9.64. The Labute approximate surface area is 262 Å². The van der Waals surface area contributed by atoms with Crippen LogP contribution in [0.25, 0.3) is 11.0 Å². The van der Waals surface area contributed by atoms with E-state index in [-0.39, 0.29) is 0 Å². The Morgan fingerprint density at radius 1 is 0.930 bits per heavy atom. The van der Waals surface area contributed by atoms with Gasteiger partial charge in [-0.3, -0.25) is 9.97 Å². The van der Waals surface area contributed by atoms with Gasteiger partial charge in [-0.2, -0.15) is 4.98 Å². The molecule has 0 atom stereocenters. The molecule has 43 heavy (non-hydrogen) atoms. The van der Waals surface area contributed by atoms with Crippen molar-refractivity contribution < 1.29 is 9.30 Å². The Bertz CT molecular complexity index is 1630. The first-order valence-electron chi connectivity index (χ1n) is 14.6. The summed E-state index contributed by atoms with van der Waals surface area (Å²) < 4.78 is 19.9. The smallest absolute Gasteiger partial charge is 0.229 e. The van der Waals surface area contributed by atoms with E-state index < -0.39 is 7.14 Å². The third kappa shape index (κ3) is 7.45. The molecule has 1 fully saturated rings. The maximum Gasteiger partial charge on any atom is 0.229 e. The molecule has 0 unspecified atom stereocenters. The van der Waals surface area contributed by atoms with Gasteiger partial charge in [-0.05, 0) is 106 Å². The predicted octanol–water partition coefficient (Wildman–Crippen LogP) is 6.55. The van der Waals surface area contributed by atoms with Gasteiger partial charge in [0.2, 0.25) is 5.95 Å². The molecule has 0 spiro atoms. The van der Waals surface area contributed by atoms with Crippen molar-refractivity contribution in [1.82, 2.24) is 24.8 Å². The molecule has 4 aromatic rings. The van der Waals surface area contributed by atoms with Crippen LogP contribution in [0.3, 0.4) is 0 Å². The number of hydrogen-bond acceptors (Lipinski definition) is 10. The molecule has 2 N–H and O–H groups in total. The Balaban J connectivity index is 1.41. The van der Waals surface area contributed by atoms with Crippen molar-refractivity contribution in [3.63, 3.8) is 0 Å². The van der Waals surface area contributed by atoms with Crippen LogP contribution in [-0.4, -0.2) is 78.5 Å². The number of ether oxygens (including phenoxy) is 1. The summed E-state index contributed by atoms with van der Waals surface area (Å²) in [5, 5.41) is 7.35. The van der Waals surface area contributed by atoms with Gasteiger partial charge in [-0.25, -0.2) is 4.98 Å². The number of halogens is 1. The van der Waals surface area contributed by atoms with Crippen LogP contribution < -0.4 is 25.6 Å². The van der Waals surface area contributed by atoms with Gasteiger partial charge in [0, 0.05) is 43.4 Å². The van der Waals surface area contributed by atoms with Crippen LogP contribution in [0.2, 0.25) is 0 Å². The number of anilines is 5. The van der Waals surface area contributed by atoms with Crippen LogP contribution in [0, 0.1) is 6.92 Å². The van der Waals surface area contributed by atoms with Gasteiger partial charge >= 0.3 is 0 Å². The summed E-state index contributed by atoms with van der Waals surface area (Å²) in [4.78, 5) is 23.1. The Morgan fingerprint density at radius 3 is 2.33 bits per heavy atom. The monoisotopic (exact) mass is 666 g/mol. The molecule has 1 aliphatic heterocycles. The van der Waals surface area contributed by atoms with E-state index in [4.69, 9.17) is 9.72 Å². The van der Waals surface area contributed by atoms with Crippen molar-refractivity contribution in [3.8, 4) is 5.75 Å². The van der Waals surface area contributed by atoms with Gasteiger partial charge in [0.1, 0.15) is 24.2 Å². The van der Waals surface area contributed by atoms with Gasteiger partial charge in [0.15, 0.2) is 0 Å². The summed E-state index contributed by atoms with van der Waals surface area (Å²) in [7, 11) is 1.18. The molecule has 228 valence electrons. The van der Waals surface area contributed by atoms with Crippen molar-refractivity contribution in [1.29, 1.82) is 0 Å². The lowest BCUT2D eigenvalue weighted by atomic mass is 10.1. The number of nitrogens with one attached hydrogen (secondary N) is 2. The number of nitrogens with zero attached hydrogens (tertiary/aromatic N) is 6. The molecular formula is C31H40BrN8O2P. The molecule has 0 amide bonds. The first-order chi connectivity index (χ1) is 20.6. The van der Waals surface area contributed by atoms with Crippen molar-refractivity contribution in [2.75, 3.05) is 69.2 Å². The van der Waals surface area contributed by atoms with Crippen LogP contribution in [0.15, 0.2) is 47.3 Å². The lowest BCUT2D eigenvalue weighted by Gasteiger charge is -2.29. The van der Waals surface area contributed by atoms with Crippen molar-refractivity contribution >= 4 is 68.2 Å². The molecular weight excluding hydrogens is 627 g/mol. The predicted molar refractivity (Wildman–Crippen MR) is 181 cm³/mol. The second kappa shape index (κ2) is 13.6. The molecule has 2 aromatic carbocycles. The molecule has 1 aliphatic rings. The largest absolute Gasteiger partial charge is 0.494 e. The highest BCUT2D eigenvalue weighted by molar-refractivity contribution is 9.10. The van der Waals surface area contributed by atoms with Gasteiger partial charge in [0.05, 0.1) is 33.8 Å². The average molecular weight is 668 g/mol. The minimum atomic E-state index is -2.73. The van der Waals surface area contributed by atoms with Crippen molar-refractivity contribution in [2.45, 2.75) is 32.6 Å². The fourth-order valence-electron chi connectivity index (χ4n) is 5.55. The van der Waals surface area contributed by atoms with E-state index >= 15 is 0 Å². The van der Waals surface area contributed by atoms with Gasteiger partial charge in [0.25, 0.3) is 0 Å². The Hall–Kier alpha value is -3.27. The molecule has 10 nitrogen and oxygen atoms in total. The zero-order chi connectivity index (χ0) is 30.6. The van der Waals surface area contributed by atoms with Crippen LogP contribution in [0.1, 0.15) is 31.2 Å². The van der Waals surface area contributed by atoms with Gasteiger partial charge in [-0.15, -0.1) is 0 Å². The second-order valence-electron chi connectivity index (χ2n) is 11.4. The van der Waals surface area contributed by atoms with E-state index in [9.17, 15) is 4.57 Å². The highest BCUT2D eigenvalue weighted by atomic mass is 79.9. The fourth-order valence-corrected chi connectivity index (χ4v) is 7.23. The summed E-state index contributed by atoms with van der Waals surface area (Å²) in [5.41, 5.74) is 5.12. The molecule has 5 rings (SSSR count). The zero-order valence-electron chi connectivity index (χ0n) is 25.5. The van der Waals surface area contributed by atoms with Crippen LogP contribution in [0.4, 0.5) is 28.8 Å². The highest BCUT2D eigenvalue weighted by Crippen LogP contribution is 2.41. The normalized spacial score (nSPS) is 15.3. The maximum absolute atomic E-state index is 13.4. The lowest BCUT2D eigenvalue weighted by Crippen LogP contribution is -2.30. The van der Waals surface area contributed by atoms with Crippen LogP contribution in [0.5, 0.6) is 5.75 Å². The zero-order valence-corrected chi connectivity index (χ0v) is 28.0. The van der Waals surface area contributed by atoms with Crippen LogP contribution in [-0.2, 0) is 4.57 Å². The number of fused-ring (bicyclic) bond motifs is 1. The fraction of sp³-hybridized carbons (Fsp3) is 0.419. The van der Waals surface area contributed by atoms with E-state index in [1.54, 1.807) is 39.0 Å². The van der Waals surface area contributed by atoms with Crippen molar-refractivity contribution in [2.24, 2.45) is 0 Å². The maximum atomic E-state index is 13.4. The minimum absolute atomic E-state index is 0.401. The number of hydrogen-bond donors (Lipinski definition) is 2. The van der Waals surface area contributed by atoms with E-state index in [1.165, 1.54) is 18.5 Å². The Kier molecular flexibility index (Phi) is 9.84. The van der Waals surface area contributed by atoms with Gasteiger partial charge in [-0.1, -0.05) is 0 Å². The van der Waals surface area contributed by atoms with Crippen molar-refractivity contribution in [3.05, 3.63) is 52.9 Å². The number of rotatable bonds is 7. The van der Waals surface area contributed by atoms with E-state index in [2.05, 4.69) is 77.4 Å². The standard InChI is InChI=1S/C31H40BrN8O2P/c1-21-18-25(27(42-3)19-26(21)40-16-8-6-14-39(2)15-7-9-17-40)37-31-35-20-22(32)30(38-31)36-24-11-10-23-28(34-13-12-33-23)29(24)43(4,5)41/h10-13,18-20H,6-9,14-17H2,1-5H3,(H2,35,36,37,38). The first-order valence-corrected chi connectivity index (χ1v) is 18.0. The first kappa shape index (κ1) is 31.2. The average Bonchev–Trinajstić information content (AvgIpc) is 2.97. The summed E-state index contributed by atoms with van der Waals surface area (Å²) in [6.45, 7) is 9.96. The molecule has 12 heteroatoms. The molecule has 0 aliphatic carbocycles. The quantitative estimate of drug-likeness (QED) is 0.211. The minimum Gasteiger partial charge on any atom is -0.494 e. The second-order valence-corrected chi connectivity index (χ2v) is 15.4. The van der Waals surface area contributed by atoms with Crippen LogP contribution >= 0.6 is 23.1 Å². The molecule has 1 saturated heterocycles. The number of aryl methyl sites for hydroxylation is 1. The summed E-state index contributed by atoms with van der Waals surface area (Å²) >= 11 is 3.57.